The molecule has 0 aliphatic carbocycles. The summed E-state index contributed by atoms with van der Waals surface area (Å²) in [4.78, 5) is 28.8. The fourth-order valence-corrected chi connectivity index (χ4v) is 4.70. The molecule has 7 nitrogen and oxygen atoms in total. The van der Waals surface area contributed by atoms with Crippen LogP contribution < -0.4 is 10.7 Å². The molecular weight excluding hydrogens is 454 g/mol. The number of amides is 1. The number of pyridine rings is 1. The summed E-state index contributed by atoms with van der Waals surface area (Å²) in [7, 11) is 0. The molecule has 8 heteroatoms. The molecule has 176 valence electrons. The molecule has 1 aliphatic rings. The van der Waals surface area contributed by atoms with Crippen molar-refractivity contribution < 1.29 is 14.6 Å². The zero-order chi connectivity index (χ0) is 23.8. The van der Waals surface area contributed by atoms with Gasteiger partial charge in [0.1, 0.15) is 5.56 Å². The van der Waals surface area contributed by atoms with Crippen LogP contribution in [0.4, 0.5) is 0 Å². The number of hydrogen-bond acceptors (Lipinski definition) is 5. The number of halogens is 1. The second-order valence-corrected chi connectivity index (χ2v) is 9.21. The van der Waals surface area contributed by atoms with E-state index in [0.29, 0.717) is 30.2 Å². The van der Waals surface area contributed by atoms with Crippen LogP contribution in [-0.2, 0) is 17.8 Å². The molecule has 1 fully saturated rings. The second kappa shape index (κ2) is 9.35. The van der Waals surface area contributed by atoms with E-state index in [4.69, 9.17) is 16.3 Å². The monoisotopic (exact) mass is 479 g/mol. The van der Waals surface area contributed by atoms with Gasteiger partial charge in [0.2, 0.25) is 5.43 Å². The van der Waals surface area contributed by atoms with Gasteiger partial charge in [-0.2, -0.15) is 0 Å². The number of hydrogen-bond donors (Lipinski definition) is 2. The summed E-state index contributed by atoms with van der Waals surface area (Å²) in [6.07, 6.45) is 2.65. The number of carbonyl (C=O) groups excluding carboxylic acids is 1. The maximum atomic E-state index is 13.5. The number of morpholine rings is 1. The average Bonchev–Trinajstić information content (AvgIpc) is 3.20. The van der Waals surface area contributed by atoms with Crippen molar-refractivity contribution in [2.45, 2.75) is 26.1 Å². The minimum Gasteiger partial charge on any atom is -0.389 e. The van der Waals surface area contributed by atoms with Gasteiger partial charge in [-0.1, -0.05) is 23.7 Å². The summed E-state index contributed by atoms with van der Waals surface area (Å²) in [6, 6.07) is 11.1. The van der Waals surface area contributed by atoms with Gasteiger partial charge in [0.25, 0.3) is 5.91 Å². The third kappa shape index (κ3) is 4.40. The van der Waals surface area contributed by atoms with Crippen LogP contribution in [0.2, 0.25) is 5.02 Å². The molecule has 34 heavy (non-hydrogen) atoms. The van der Waals surface area contributed by atoms with Crippen molar-refractivity contribution >= 4 is 33.8 Å². The van der Waals surface area contributed by atoms with Crippen LogP contribution in [-0.4, -0.2) is 46.6 Å². The molecular formula is C26H26ClN3O4. The van der Waals surface area contributed by atoms with Crippen molar-refractivity contribution in [2.75, 3.05) is 26.3 Å². The number of aliphatic hydroxyl groups excluding tert-OH is 1. The number of rotatable bonds is 6. The van der Waals surface area contributed by atoms with E-state index in [2.05, 4.69) is 10.2 Å². The molecule has 0 bridgehead atoms. The van der Waals surface area contributed by atoms with Gasteiger partial charge in [-0.3, -0.25) is 14.5 Å². The Morgan fingerprint density at radius 2 is 1.82 bits per heavy atom. The summed E-state index contributed by atoms with van der Waals surface area (Å²) in [5.74, 6) is -0.440. The smallest absolute Gasteiger partial charge is 0.257 e. The van der Waals surface area contributed by atoms with Gasteiger partial charge >= 0.3 is 0 Å². The van der Waals surface area contributed by atoms with Crippen molar-refractivity contribution in [3.8, 4) is 0 Å². The Morgan fingerprint density at radius 1 is 1.12 bits per heavy atom. The van der Waals surface area contributed by atoms with Gasteiger partial charge in [0, 0.05) is 59.9 Å². The van der Waals surface area contributed by atoms with E-state index in [0.717, 1.165) is 40.7 Å². The van der Waals surface area contributed by atoms with Crippen molar-refractivity contribution in [3.05, 3.63) is 86.3 Å². The Labute approximate surface area is 201 Å². The average molecular weight is 480 g/mol. The Kier molecular flexibility index (Phi) is 6.27. The van der Waals surface area contributed by atoms with Crippen LogP contribution in [0.1, 0.15) is 40.1 Å². The molecule has 2 aromatic carbocycles. The number of ether oxygens (including phenoxy) is 1. The molecule has 2 N–H and O–H groups in total. The lowest BCUT2D eigenvalue weighted by atomic mass is 10.0. The predicted octanol–water partition coefficient (Wildman–Crippen LogP) is 3.36. The second-order valence-electron chi connectivity index (χ2n) is 8.78. The lowest BCUT2D eigenvalue weighted by Crippen LogP contribution is -2.35. The van der Waals surface area contributed by atoms with Gasteiger partial charge in [0.05, 0.1) is 24.8 Å². The molecule has 5 rings (SSSR count). The van der Waals surface area contributed by atoms with Gasteiger partial charge in [-0.15, -0.1) is 0 Å². The predicted molar refractivity (Wildman–Crippen MR) is 132 cm³/mol. The topological polar surface area (TPSA) is 83.3 Å². The van der Waals surface area contributed by atoms with Gasteiger partial charge in [0.15, 0.2) is 0 Å². The summed E-state index contributed by atoms with van der Waals surface area (Å²) in [6.45, 7) is 5.68. The van der Waals surface area contributed by atoms with Gasteiger partial charge in [-0.05, 0) is 42.3 Å². The van der Waals surface area contributed by atoms with Crippen LogP contribution in [0.5, 0.6) is 0 Å². The van der Waals surface area contributed by atoms with E-state index in [9.17, 15) is 14.7 Å². The first-order valence-electron chi connectivity index (χ1n) is 11.4. The first-order valence-corrected chi connectivity index (χ1v) is 11.7. The van der Waals surface area contributed by atoms with Crippen molar-refractivity contribution in [2.24, 2.45) is 0 Å². The third-order valence-corrected chi connectivity index (χ3v) is 6.60. The zero-order valence-corrected chi connectivity index (χ0v) is 19.6. The minimum atomic E-state index is -0.709. The molecule has 0 unspecified atom stereocenters. The highest BCUT2D eigenvalue weighted by Gasteiger charge is 2.21. The first-order chi connectivity index (χ1) is 16.4. The largest absolute Gasteiger partial charge is 0.389 e. The van der Waals surface area contributed by atoms with E-state index in [-0.39, 0.29) is 17.5 Å². The maximum absolute atomic E-state index is 13.5. The fourth-order valence-electron chi connectivity index (χ4n) is 4.58. The van der Waals surface area contributed by atoms with E-state index in [1.807, 2.05) is 24.3 Å². The highest BCUT2D eigenvalue weighted by molar-refractivity contribution is 6.30. The molecule has 0 radical (unpaired) electrons. The number of aliphatic hydroxyl groups is 1. The quantitative estimate of drug-likeness (QED) is 0.443. The molecule has 0 saturated carbocycles. The fraction of sp³-hybridized carbons (Fsp3) is 0.308. The van der Waals surface area contributed by atoms with Crippen LogP contribution in [0.25, 0.3) is 16.3 Å². The summed E-state index contributed by atoms with van der Waals surface area (Å²) >= 11 is 5.93. The van der Waals surface area contributed by atoms with E-state index in [1.165, 1.54) is 0 Å². The molecule has 1 atom stereocenters. The molecule has 1 amide bonds. The Balaban J connectivity index is 1.54. The van der Waals surface area contributed by atoms with E-state index < -0.39 is 12.0 Å². The summed E-state index contributed by atoms with van der Waals surface area (Å²) in [5, 5.41) is 15.2. The number of carbonyl (C=O) groups is 1. The van der Waals surface area contributed by atoms with Crippen LogP contribution >= 0.6 is 11.6 Å². The van der Waals surface area contributed by atoms with E-state index >= 15 is 0 Å². The van der Waals surface area contributed by atoms with Crippen molar-refractivity contribution in [1.29, 1.82) is 0 Å². The van der Waals surface area contributed by atoms with Crippen LogP contribution in [0.15, 0.2) is 53.6 Å². The summed E-state index contributed by atoms with van der Waals surface area (Å²) < 4.78 is 7.22. The number of benzene rings is 2. The standard InChI is InChI=1S/C26H26ClN3O4/c1-16(31)22-14-30-15-23(26(33)28-12-17-2-4-19(27)5-3-17)25(32)21-11-18(10-20(22)24(21)30)13-29-6-8-34-9-7-29/h2-5,10-11,14-16,31H,6-9,12-13H2,1H3,(H,28,33)/t16-/m0/s1. The molecule has 1 aliphatic heterocycles. The zero-order valence-electron chi connectivity index (χ0n) is 18.9. The Bertz CT molecular complexity index is 1390. The lowest BCUT2D eigenvalue weighted by molar-refractivity contribution is 0.0342. The molecule has 2 aromatic heterocycles. The summed E-state index contributed by atoms with van der Waals surface area (Å²) in [5.41, 5.74) is 3.06. The number of nitrogens with one attached hydrogen (secondary N) is 1. The Hall–Kier alpha value is -2.97. The molecule has 0 spiro atoms. The number of nitrogens with zero attached hydrogens (tertiary/aromatic N) is 2. The van der Waals surface area contributed by atoms with Crippen molar-refractivity contribution in [1.82, 2.24) is 14.6 Å². The number of aromatic nitrogens is 1. The van der Waals surface area contributed by atoms with Gasteiger partial charge < -0.3 is 19.6 Å². The van der Waals surface area contributed by atoms with Crippen LogP contribution in [0, 0.1) is 0 Å². The molecule has 4 aromatic rings. The highest BCUT2D eigenvalue weighted by Crippen LogP contribution is 2.31. The first kappa shape index (κ1) is 22.8. The Morgan fingerprint density at radius 3 is 2.53 bits per heavy atom. The van der Waals surface area contributed by atoms with Crippen LogP contribution in [0.3, 0.4) is 0 Å². The maximum Gasteiger partial charge on any atom is 0.257 e. The van der Waals surface area contributed by atoms with Gasteiger partial charge in [-0.25, -0.2) is 0 Å². The third-order valence-electron chi connectivity index (χ3n) is 6.35. The minimum absolute atomic E-state index is 0.0685. The highest BCUT2D eigenvalue weighted by atomic mass is 35.5. The van der Waals surface area contributed by atoms with Crippen molar-refractivity contribution in [3.63, 3.8) is 0 Å². The van der Waals surface area contributed by atoms with E-state index in [1.54, 1.807) is 35.9 Å². The molecule has 1 saturated heterocycles. The molecule has 3 heterocycles. The lowest BCUT2D eigenvalue weighted by Gasteiger charge is -2.26. The SMILES string of the molecule is C[C@H](O)c1cn2cc(C(=O)NCc3ccc(Cl)cc3)c(=O)c3cc(CN4CCOCC4)cc1c32. The normalized spacial score (nSPS) is 15.7.